The molecule has 0 N–H and O–H groups in total. The number of benzene rings is 2. The van der Waals surface area contributed by atoms with Crippen LogP contribution in [0.2, 0.25) is 0 Å². The van der Waals surface area contributed by atoms with Gasteiger partial charge in [-0.25, -0.2) is 0 Å². The molecule has 2 heterocycles. The van der Waals surface area contributed by atoms with E-state index in [1.807, 2.05) is 7.11 Å². The van der Waals surface area contributed by atoms with Crippen molar-refractivity contribution in [3.05, 3.63) is 71.8 Å². The SMILES string of the molecule is CO[C@@H]1CC2C[C@@H](OC(c3ccccc3)c3ccccc3)CC1N2C.Cl. The third-order valence-electron chi connectivity index (χ3n) is 5.91. The number of hydrogen-bond donors (Lipinski definition) is 0. The zero-order chi connectivity index (χ0) is 17.2. The van der Waals surface area contributed by atoms with Crippen LogP contribution >= 0.6 is 12.4 Å². The first-order chi connectivity index (χ1) is 12.3. The van der Waals surface area contributed by atoms with Crippen LogP contribution in [0.5, 0.6) is 0 Å². The number of piperidine rings is 1. The highest BCUT2D eigenvalue weighted by Gasteiger charge is 2.46. The van der Waals surface area contributed by atoms with Crippen molar-refractivity contribution in [1.29, 1.82) is 0 Å². The molecule has 2 aliphatic heterocycles. The van der Waals surface area contributed by atoms with Gasteiger partial charge in [0.05, 0.1) is 12.2 Å². The number of likely N-dealkylation sites (N-methyl/N-ethyl adjacent to an activating group) is 1. The van der Waals surface area contributed by atoms with Crippen molar-refractivity contribution >= 4 is 12.4 Å². The van der Waals surface area contributed by atoms with E-state index in [1.165, 1.54) is 11.1 Å². The summed E-state index contributed by atoms with van der Waals surface area (Å²) < 4.78 is 12.4. The van der Waals surface area contributed by atoms with Crippen LogP contribution in [0.1, 0.15) is 36.5 Å². The molecule has 3 nitrogen and oxygen atoms in total. The average Bonchev–Trinajstić information content (AvgIpc) is 2.85. The topological polar surface area (TPSA) is 21.7 Å². The maximum Gasteiger partial charge on any atom is 0.108 e. The Morgan fingerprint density at radius 1 is 0.885 bits per heavy atom. The molecule has 0 radical (unpaired) electrons. The summed E-state index contributed by atoms with van der Waals surface area (Å²) >= 11 is 0. The molecular formula is C22H28ClNO2. The van der Waals surface area contributed by atoms with Crippen LogP contribution in [0.15, 0.2) is 60.7 Å². The highest BCUT2D eigenvalue weighted by molar-refractivity contribution is 5.85. The molecule has 4 rings (SSSR count). The largest absolute Gasteiger partial charge is 0.380 e. The van der Waals surface area contributed by atoms with Gasteiger partial charge in [0.15, 0.2) is 0 Å². The third kappa shape index (κ3) is 3.81. The Labute approximate surface area is 162 Å². The zero-order valence-electron chi connectivity index (χ0n) is 15.5. The maximum atomic E-state index is 6.70. The predicted molar refractivity (Wildman–Crippen MR) is 107 cm³/mol. The van der Waals surface area contributed by atoms with E-state index in [0.717, 1.165) is 19.3 Å². The molecule has 2 unspecified atom stereocenters. The second kappa shape index (κ2) is 8.53. The van der Waals surface area contributed by atoms with Crippen molar-refractivity contribution in [2.75, 3.05) is 14.2 Å². The van der Waals surface area contributed by atoms with Crippen LogP contribution in [-0.2, 0) is 9.47 Å². The molecule has 0 amide bonds. The van der Waals surface area contributed by atoms with Gasteiger partial charge in [-0.2, -0.15) is 0 Å². The van der Waals surface area contributed by atoms with E-state index in [-0.39, 0.29) is 24.6 Å². The molecule has 140 valence electrons. The number of methoxy groups -OCH3 is 1. The number of rotatable bonds is 5. The van der Waals surface area contributed by atoms with Crippen molar-refractivity contribution in [3.8, 4) is 0 Å². The molecule has 4 atom stereocenters. The van der Waals surface area contributed by atoms with Gasteiger partial charge in [-0.3, -0.25) is 4.90 Å². The van der Waals surface area contributed by atoms with E-state index in [4.69, 9.17) is 9.47 Å². The molecule has 2 bridgehead atoms. The van der Waals surface area contributed by atoms with E-state index in [0.29, 0.717) is 18.2 Å². The summed E-state index contributed by atoms with van der Waals surface area (Å²) in [4.78, 5) is 2.49. The van der Waals surface area contributed by atoms with Gasteiger partial charge in [0.2, 0.25) is 0 Å². The minimum absolute atomic E-state index is 0. The second-order valence-corrected chi connectivity index (χ2v) is 7.33. The summed E-state index contributed by atoms with van der Waals surface area (Å²) in [6.45, 7) is 0. The smallest absolute Gasteiger partial charge is 0.108 e. The first-order valence-electron chi connectivity index (χ1n) is 9.26. The Hall–Kier alpha value is -1.39. The summed E-state index contributed by atoms with van der Waals surface area (Å²) in [6.07, 6.45) is 3.87. The van der Waals surface area contributed by atoms with Crippen LogP contribution in [0.4, 0.5) is 0 Å². The molecule has 0 aromatic heterocycles. The van der Waals surface area contributed by atoms with E-state index in [9.17, 15) is 0 Å². The van der Waals surface area contributed by atoms with E-state index in [1.54, 1.807) is 0 Å². The lowest BCUT2D eigenvalue weighted by atomic mass is 9.97. The highest BCUT2D eigenvalue weighted by atomic mass is 35.5. The first-order valence-corrected chi connectivity index (χ1v) is 9.26. The molecule has 4 heteroatoms. The number of hydrogen-bond acceptors (Lipinski definition) is 3. The molecule has 2 aromatic carbocycles. The fourth-order valence-corrected chi connectivity index (χ4v) is 4.54. The standard InChI is InChI=1S/C22H27NO2.ClH/c1-23-18-13-19(15-20(23)21(14-18)24-2)25-22(16-9-5-3-6-10-16)17-11-7-4-8-12-17;/h3-12,18-22H,13-15H2,1-2H3;1H/t18?,19-,20?,21-;/m1./s1. The van der Waals surface area contributed by atoms with E-state index in [2.05, 4.69) is 72.6 Å². The minimum atomic E-state index is -0.00352. The Bertz CT molecular complexity index is 642. The number of fused-ring (bicyclic) bond motifs is 2. The van der Waals surface area contributed by atoms with Gasteiger partial charge in [-0.1, -0.05) is 60.7 Å². The monoisotopic (exact) mass is 373 g/mol. The molecule has 0 saturated carbocycles. The molecular weight excluding hydrogens is 346 g/mol. The lowest BCUT2D eigenvalue weighted by Crippen LogP contribution is -2.45. The Morgan fingerprint density at radius 3 is 2.00 bits per heavy atom. The van der Waals surface area contributed by atoms with Crippen LogP contribution < -0.4 is 0 Å². The lowest BCUT2D eigenvalue weighted by Gasteiger charge is -2.38. The summed E-state index contributed by atoms with van der Waals surface area (Å²) in [7, 11) is 4.07. The maximum absolute atomic E-state index is 6.70. The molecule has 0 spiro atoms. The molecule has 0 aliphatic carbocycles. The van der Waals surface area contributed by atoms with Crippen molar-refractivity contribution < 1.29 is 9.47 Å². The molecule has 2 aromatic rings. The second-order valence-electron chi connectivity index (χ2n) is 7.33. The van der Waals surface area contributed by atoms with Gasteiger partial charge in [0.1, 0.15) is 6.10 Å². The van der Waals surface area contributed by atoms with Gasteiger partial charge in [-0.15, -0.1) is 12.4 Å². The van der Waals surface area contributed by atoms with E-state index >= 15 is 0 Å². The van der Waals surface area contributed by atoms with Crippen molar-refractivity contribution in [3.63, 3.8) is 0 Å². The fourth-order valence-electron chi connectivity index (χ4n) is 4.54. The number of halogens is 1. The van der Waals surface area contributed by atoms with Crippen molar-refractivity contribution in [1.82, 2.24) is 4.90 Å². The summed E-state index contributed by atoms with van der Waals surface area (Å²) in [5.41, 5.74) is 2.45. The van der Waals surface area contributed by atoms with E-state index < -0.39 is 0 Å². The van der Waals surface area contributed by atoms with Crippen LogP contribution in [0, 0.1) is 0 Å². The van der Waals surface area contributed by atoms with Gasteiger partial charge >= 0.3 is 0 Å². The molecule has 2 fully saturated rings. The van der Waals surface area contributed by atoms with Gasteiger partial charge < -0.3 is 9.47 Å². The summed E-state index contributed by atoms with van der Waals surface area (Å²) in [5.74, 6) is 0. The molecule has 2 aliphatic rings. The third-order valence-corrected chi connectivity index (χ3v) is 5.91. The predicted octanol–water partition coefficient (Wildman–Crippen LogP) is 4.46. The minimum Gasteiger partial charge on any atom is -0.380 e. The quantitative estimate of drug-likeness (QED) is 0.772. The molecule has 26 heavy (non-hydrogen) atoms. The number of nitrogens with zero attached hydrogens (tertiary/aromatic N) is 1. The Kier molecular flexibility index (Phi) is 6.36. The van der Waals surface area contributed by atoms with Crippen LogP contribution in [0.25, 0.3) is 0 Å². The van der Waals surface area contributed by atoms with Gasteiger partial charge in [-0.05, 0) is 37.4 Å². The van der Waals surface area contributed by atoms with Gasteiger partial charge in [0.25, 0.3) is 0 Å². The van der Waals surface area contributed by atoms with Crippen molar-refractivity contribution in [2.24, 2.45) is 0 Å². The van der Waals surface area contributed by atoms with Gasteiger partial charge in [0, 0.05) is 19.2 Å². The van der Waals surface area contributed by atoms with Crippen LogP contribution in [0.3, 0.4) is 0 Å². The summed E-state index contributed by atoms with van der Waals surface area (Å²) in [6, 6.07) is 22.2. The normalized spacial score (nSPS) is 28.1. The summed E-state index contributed by atoms with van der Waals surface area (Å²) in [5, 5.41) is 0. The average molecular weight is 374 g/mol. The zero-order valence-corrected chi connectivity index (χ0v) is 16.3. The highest BCUT2D eigenvalue weighted by Crippen LogP contribution is 2.39. The van der Waals surface area contributed by atoms with Crippen molar-refractivity contribution in [2.45, 2.75) is 49.7 Å². The first kappa shape index (κ1) is 19.4. The molecule has 2 saturated heterocycles. The lowest BCUT2D eigenvalue weighted by molar-refractivity contribution is -0.0523. The Morgan fingerprint density at radius 2 is 1.46 bits per heavy atom. The fraction of sp³-hybridized carbons (Fsp3) is 0.455. The van der Waals surface area contributed by atoms with Crippen LogP contribution in [-0.4, -0.2) is 43.3 Å². The Balaban J connectivity index is 0.00000196. The number of ether oxygens (including phenoxy) is 2.